The molecule has 0 aliphatic carbocycles. The monoisotopic (exact) mass is 261 g/mol. The fourth-order valence-corrected chi connectivity index (χ4v) is 1.63. The lowest BCUT2D eigenvalue weighted by Gasteiger charge is -2.03. The molecule has 5 heteroatoms. The van der Waals surface area contributed by atoms with E-state index in [0.29, 0.717) is 10.7 Å². The van der Waals surface area contributed by atoms with Crippen LogP contribution in [0, 0.1) is 0 Å². The van der Waals surface area contributed by atoms with Gasteiger partial charge in [-0.25, -0.2) is 0 Å². The second-order valence-corrected chi connectivity index (χ2v) is 4.09. The van der Waals surface area contributed by atoms with Crippen molar-refractivity contribution in [1.82, 2.24) is 9.78 Å². The van der Waals surface area contributed by atoms with Crippen molar-refractivity contribution in [3.63, 3.8) is 0 Å². The Hall–Kier alpha value is -2.07. The second-order valence-electron chi connectivity index (χ2n) is 3.68. The minimum Gasteiger partial charge on any atom is -0.321 e. The first-order valence-corrected chi connectivity index (χ1v) is 5.76. The molecule has 0 fully saturated rings. The van der Waals surface area contributed by atoms with Crippen molar-refractivity contribution < 1.29 is 4.79 Å². The third kappa shape index (κ3) is 2.99. The summed E-state index contributed by atoms with van der Waals surface area (Å²) in [5.74, 6) is -0.232. The summed E-state index contributed by atoms with van der Waals surface area (Å²) < 4.78 is 1.68. The number of hydrogen-bond acceptors (Lipinski definition) is 2. The molecule has 1 aromatic carbocycles. The van der Waals surface area contributed by atoms with Crippen LogP contribution in [-0.2, 0) is 11.8 Å². The highest BCUT2D eigenvalue weighted by atomic mass is 35.5. The third-order valence-electron chi connectivity index (χ3n) is 2.40. The Balaban J connectivity index is 2.04. The van der Waals surface area contributed by atoms with Crippen LogP contribution in [0.5, 0.6) is 0 Å². The van der Waals surface area contributed by atoms with Gasteiger partial charge >= 0.3 is 0 Å². The number of aryl methyl sites for hydroxylation is 1. The molecule has 2 aromatic rings. The van der Waals surface area contributed by atoms with Crippen LogP contribution in [0.2, 0.25) is 5.02 Å². The normalized spacial score (nSPS) is 10.8. The maximum atomic E-state index is 11.7. The van der Waals surface area contributed by atoms with E-state index in [2.05, 4.69) is 10.4 Å². The van der Waals surface area contributed by atoms with E-state index in [0.717, 1.165) is 5.69 Å². The first-order valence-electron chi connectivity index (χ1n) is 5.38. The quantitative estimate of drug-likeness (QED) is 0.864. The SMILES string of the molecule is Cn1nccc1/C=C/C(=O)Nc1ccccc1Cl. The molecule has 0 bridgehead atoms. The van der Waals surface area contributed by atoms with Gasteiger partial charge in [0.25, 0.3) is 0 Å². The molecule has 18 heavy (non-hydrogen) atoms. The highest BCUT2D eigenvalue weighted by molar-refractivity contribution is 6.33. The summed E-state index contributed by atoms with van der Waals surface area (Å²) in [5, 5.41) is 7.22. The summed E-state index contributed by atoms with van der Waals surface area (Å²) in [4.78, 5) is 11.7. The van der Waals surface area contributed by atoms with Crippen LogP contribution in [0.4, 0.5) is 5.69 Å². The summed E-state index contributed by atoms with van der Waals surface area (Å²) in [6.07, 6.45) is 4.81. The van der Waals surface area contributed by atoms with Crippen LogP contribution >= 0.6 is 11.6 Å². The minimum absolute atomic E-state index is 0.232. The fourth-order valence-electron chi connectivity index (χ4n) is 1.45. The molecule has 0 saturated heterocycles. The van der Waals surface area contributed by atoms with Crippen molar-refractivity contribution in [3.05, 3.63) is 53.3 Å². The van der Waals surface area contributed by atoms with Crippen LogP contribution in [0.25, 0.3) is 6.08 Å². The lowest BCUT2D eigenvalue weighted by Crippen LogP contribution is -2.08. The molecule has 0 atom stereocenters. The van der Waals surface area contributed by atoms with Gasteiger partial charge in [-0.1, -0.05) is 23.7 Å². The van der Waals surface area contributed by atoms with E-state index < -0.39 is 0 Å². The van der Waals surface area contributed by atoms with E-state index in [1.54, 1.807) is 29.1 Å². The Labute approximate surface area is 110 Å². The number of carbonyl (C=O) groups is 1. The summed E-state index contributed by atoms with van der Waals surface area (Å²) >= 11 is 5.94. The Kier molecular flexibility index (Phi) is 3.79. The molecule has 92 valence electrons. The number of hydrogen-bond donors (Lipinski definition) is 1. The summed E-state index contributed by atoms with van der Waals surface area (Å²) in [6.45, 7) is 0. The summed E-state index contributed by atoms with van der Waals surface area (Å²) in [6, 6.07) is 8.91. The molecular weight excluding hydrogens is 250 g/mol. The van der Waals surface area contributed by atoms with Crippen LogP contribution in [0.1, 0.15) is 5.69 Å². The topological polar surface area (TPSA) is 46.9 Å². The van der Waals surface area contributed by atoms with Crippen molar-refractivity contribution in [2.75, 3.05) is 5.32 Å². The maximum Gasteiger partial charge on any atom is 0.248 e. The highest BCUT2D eigenvalue weighted by Gasteiger charge is 2.02. The minimum atomic E-state index is -0.232. The molecule has 1 heterocycles. The molecule has 0 aliphatic heterocycles. The number of amides is 1. The molecule has 0 aliphatic rings. The van der Waals surface area contributed by atoms with E-state index in [-0.39, 0.29) is 5.91 Å². The first kappa shape index (κ1) is 12.4. The average molecular weight is 262 g/mol. The van der Waals surface area contributed by atoms with E-state index in [1.807, 2.05) is 25.2 Å². The van der Waals surface area contributed by atoms with Crippen LogP contribution < -0.4 is 5.32 Å². The van der Waals surface area contributed by atoms with Gasteiger partial charge in [0, 0.05) is 19.3 Å². The van der Waals surface area contributed by atoms with Crippen molar-refractivity contribution in [2.45, 2.75) is 0 Å². The highest BCUT2D eigenvalue weighted by Crippen LogP contribution is 2.20. The number of nitrogens with one attached hydrogen (secondary N) is 1. The van der Waals surface area contributed by atoms with Gasteiger partial charge in [-0.15, -0.1) is 0 Å². The van der Waals surface area contributed by atoms with E-state index in [1.165, 1.54) is 6.08 Å². The lowest BCUT2D eigenvalue weighted by atomic mass is 10.3. The van der Waals surface area contributed by atoms with Crippen molar-refractivity contribution >= 4 is 29.3 Å². The Morgan fingerprint density at radius 1 is 1.39 bits per heavy atom. The number of benzene rings is 1. The first-order chi connectivity index (χ1) is 8.66. The zero-order valence-corrected chi connectivity index (χ0v) is 10.6. The van der Waals surface area contributed by atoms with Gasteiger partial charge in [0.2, 0.25) is 5.91 Å². The smallest absolute Gasteiger partial charge is 0.248 e. The van der Waals surface area contributed by atoms with Gasteiger partial charge < -0.3 is 5.32 Å². The fraction of sp³-hybridized carbons (Fsp3) is 0.0769. The Morgan fingerprint density at radius 3 is 2.83 bits per heavy atom. The summed E-state index contributed by atoms with van der Waals surface area (Å²) in [5.41, 5.74) is 1.45. The third-order valence-corrected chi connectivity index (χ3v) is 2.73. The summed E-state index contributed by atoms with van der Waals surface area (Å²) in [7, 11) is 1.81. The zero-order chi connectivity index (χ0) is 13.0. The zero-order valence-electron chi connectivity index (χ0n) is 9.80. The largest absolute Gasteiger partial charge is 0.321 e. The van der Waals surface area contributed by atoms with Crippen LogP contribution in [0.15, 0.2) is 42.6 Å². The molecule has 0 spiro atoms. The number of halogens is 1. The van der Waals surface area contributed by atoms with E-state index in [9.17, 15) is 4.79 Å². The number of para-hydroxylation sites is 1. The van der Waals surface area contributed by atoms with Gasteiger partial charge in [0.1, 0.15) is 0 Å². The molecule has 1 aromatic heterocycles. The standard InChI is InChI=1S/C13H12ClN3O/c1-17-10(8-9-15-17)6-7-13(18)16-12-5-3-2-4-11(12)14/h2-9H,1H3,(H,16,18)/b7-6+. The van der Waals surface area contributed by atoms with Gasteiger partial charge in [-0.3, -0.25) is 9.48 Å². The van der Waals surface area contributed by atoms with Gasteiger partial charge in [-0.05, 0) is 24.3 Å². The van der Waals surface area contributed by atoms with Crippen molar-refractivity contribution in [1.29, 1.82) is 0 Å². The molecule has 1 N–H and O–H groups in total. The molecule has 2 rings (SSSR count). The van der Waals surface area contributed by atoms with Crippen LogP contribution in [-0.4, -0.2) is 15.7 Å². The predicted molar refractivity (Wildman–Crippen MR) is 72.3 cm³/mol. The number of anilines is 1. The van der Waals surface area contributed by atoms with Crippen molar-refractivity contribution in [2.24, 2.45) is 7.05 Å². The van der Waals surface area contributed by atoms with Gasteiger partial charge in [0.05, 0.1) is 16.4 Å². The molecule has 1 amide bonds. The van der Waals surface area contributed by atoms with E-state index >= 15 is 0 Å². The Bertz CT molecular complexity index is 589. The second kappa shape index (κ2) is 5.51. The molecule has 0 radical (unpaired) electrons. The molecule has 4 nitrogen and oxygen atoms in total. The van der Waals surface area contributed by atoms with Crippen molar-refractivity contribution in [3.8, 4) is 0 Å². The predicted octanol–water partition coefficient (Wildman–Crippen LogP) is 2.73. The average Bonchev–Trinajstić information content (AvgIpc) is 2.75. The molecule has 0 saturated carbocycles. The number of rotatable bonds is 3. The lowest BCUT2D eigenvalue weighted by molar-refractivity contribution is -0.111. The number of carbonyl (C=O) groups excluding carboxylic acids is 1. The Morgan fingerprint density at radius 2 is 2.17 bits per heavy atom. The maximum absolute atomic E-state index is 11.7. The molecule has 0 unspecified atom stereocenters. The van der Waals surface area contributed by atoms with Crippen LogP contribution in [0.3, 0.4) is 0 Å². The molecular formula is C13H12ClN3O. The number of aromatic nitrogens is 2. The number of nitrogens with zero attached hydrogens (tertiary/aromatic N) is 2. The van der Waals surface area contributed by atoms with E-state index in [4.69, 9.17) is 11.6 Å². The van der Waals surface area contributed by atoms with Gasteiger partial charge in [0.15, 0.2) is 0 Å². The van der Waals surface area contributed by atoms with Gasteiger partial charge in [-0.2, -0.15) is 5.10 Å².